The minimum Gasteiger partial charge on any atom is -0.493 e. The van der Waals surface area contributed by atoms with Gasteiger partial charge in [-0.25, -0.2) is 0 Å². The van der Waals surface area contributed by atoms with Crippen molar-refractivity contribution in [2.45, 2.75) is 12.8 Å². The van der Waals surface area contributed by atoms with Gasteiger partial charge in [-0.1, -0.05) is 41.4 Å². The van der Waals surface area contributed by atoms with E-state index in [0.29, 0.717) is 28.2 Å². The van der Waals surface area contributed by atoms with Crippen molar-refractivity contribution in [3.63, 3.8) is 0 Å². The van der Waals surface area contributed by atoms with Crippen molar-refractivity contribution in [3.05, 3.63) is 93.0 Å². The van der Waals surface area contributed by atoms with Gasteiger partial charge >= 0.3 is 6.18 Å². The summed E-state index contributed by atoms with van der Waals surface area (Å²) in [5, 5.41) is 12.2. The van der Waals surface area contributed by atoms with Gasteiger partial charge in [0, 0.05) is 5.02 Å². The summed E-state index contributed by atoms with van der Waals surface area (Å²) in [6.45, 7) is 0.256. The van der Waals surface area contributed by atoms with Gasteiger partial charge in [-0.3, -0.25) is 4.79 Å². The third-order valence-corrected chi connectivity index (χ3v) is 5.29. The zero-order valence-corrected chi connectivity index (χ0v) is 19.6. The molecule has 3 aromatic rings. The zero-order valence-electron chi connectivity index (χ0n) is 18.1. The van der Waals surface area contributed by atoms with E-state index in [-0.39, 0.29) is 22.9 Å². The molecule has 0 radical (unpaired) electrons. The third-order valence-electron chi connectivity index (χ3n) is 4.71. The number of hydrogen-bond acceptors (Lipinski definition) is 4. The van der Waals surface area contributed by atoms with Crippen molar-refractivity contribution in [1.82, 2.24) is 0 Å². The second kappa shape index (κ2) is 11.2. The van der Waals surface area contributed by atoms with Crippen LogP contribution in [0.3, 0.4) is 0 Å². The normalized spacial score (nSPS) is 11.5. The van der Waals surface area contributed by atoms with Gasteiger partial charge in [-0.15, -0.1) is 0 Å². The van der Waals surface area contributed by atoms with Gasteiger partial charge in [-0.05, 0) is 59.7 Å². The predicted molar refractivity (Wildman–Crippen MR) is 127 cm³/mol. The van der Waals surface area contributed by atoms with Crippen LogP contribution in [0.2, 0.25) is 10.0 Å². The Labute approximate surface area is 209 Å². The Morgan fingerprint density at radius 2 is 1.77 bits per heavy atom. The number of alkyl halides is 3. The number of ether oxygens (including phenoxy) is 2. The van der Waals surface area contributed by atoms with Crippen LogP contribution in [-0.2, 0) is 17.6 Å². The van der Waals surface area contributed by atoms with Crippen molar-refractivity contribution in [2.75, 3.05) is 12.4 Å². The maximum atomic E-state index is 13.0. The fraction of sp³-hybridized carbons (Fsp3) is 0.120. The van der Waals surface area contributed by atoms with E-state index in [1.165, 1.54) is 13.2 Å². The monoisotopic (exact) mass is 520 g/mol. The maximum Gasteiger partial charge on any atom is 0.416 e. The number of amides is 1. The van der Waals surface area contributed by atoms with Crippen LogP contribution < -0.4 is 14.8 Å². The van der Waals surface area contributed by atoms with Crippen molar-refractivity contribution >= 4 is 40.9 Å². The summed E-state index contributed by atoms with van der Waals surface area (Å²) < 4.78 is 50.0. The molecule has 10 heteroatoms. The Morgan fingerprint density at radius 1 is 1.06 bits per heavy atom. The van der Waals surface area contributed by atoms with Gasteiger partial charge in [-0.2, -0.15) is 18.4 Å². The summed E-state index contributed by atoms with van der Waals surface area (Å²) in [4.78, 5) is 12.6. The molecule has 0 aliphatic rings. The highest BCUT2D eigenvalue weighted by atomic mass is 35.5. The van der Waals surface area contributed by atoms with Gasteiger partial charge in [0.2, 0.25) is 0 Å². The molecular weight excluding hydrogens is 504 g/mol. The largest absolute Gasteiger partial charge is 0.493 e. The van der Waals surface area contributed by atoms with E-state index in [4.69, 9.17) is 32.7 Å². The number of nitrogens with one attached hydrogen (secondary N) is 1. The molecule has 5 nitrogen and oxygen atoms in total. The predicted octanol–water partition coefficient (Wildman–Crippen LogP) is 7.15. The number of methoxy groups -OCH3 is 1. The number of carbonyl (C=O) groups is 1. The van der Waals surface area contributed by atoms with Gasteiger partial charge < -0.3 is 14.8 Å². The van der Waals surface area contributed by atoms with E-state index in [0.717, 1.165) is 17.7 Å². The Morgan fingerprint density at radius 3 is 2.40 bits per heavy atom. The Hall–Kier alpha value is -3.67. The van der Waals surface area contributed by atoms with E-state index in [1.807, 2.05) is 12.1 Å². The molecule has 0 spiro atoms. The fourth-order valence-electron chi connectivity index (χ4n) is 2.94. The highest BCUT2D eigenvalue weighted by Gasteiger charge is 2.31. The van der Waals surface area contributed by atoms with Crippen LogP contribution in [0.25, 0.3) is 6.08 Å². The lowest BCUT2D eigenvalue weighted by molar-refractivity contribution is -0.137. The van der Waals surface area contributed by atoms with Crippen molar-refractivity contribution in [3.8, 4) is 17.6 Å². The third kappa shape index (κ3) is 6.92. The first-order chi connectivity index (χ1) is 16.6. The van der Waals surface area contributed by atoms with E-state index >= 15 is 0 Å². The first kappa shape index (κ1) is 25.9. The molecule has 0 saturated carbocycles. The Balaban J connectivity index is 1.78. The number of nitriles is 1. The van der Waals surface area contributed by atoms with E-state index in [2.05, 4.69) is 5.32 Å². The molecule has 3 rings (SSSR count). The average Bonchev–Trinajstić information content (AvgIpc) is 2.83. The molecule has 0 aliphatic heterocycles. The molecule has 1 N–H and O–H groups in total. The van der Waals surface area contributed by atoms with Gasteiger partial charge in [0.25, 0.3) is 5.91 Å². The molecule has 0 aromatic heterocycles. The van der Waals surface area contributed by atoms with Crippen molar-refractivity contribution in [2.24, 2.45) is 0 Å². The molecule has 0 heterocycles. The molecular formula is C25H17Cl2F3N2O3. The summed E-state index contributed by atoms with van der Waals surface area (Å²) in [5.74, 6) is -0.139. The van der Waals surface area contributed by atoms with Crippen molar-refractivity contribution in [1.29, 1.82) is 5.26 Å². The molecule has 1 amide bonds. The molecule has 180 valence electrons. The van der Waals surface area contributed by atoms with E-state index < -0.39 is 17.6 Å². The highest BCUT2D eigenvalue weighted by Crippen LogP contribution is 2.34. The van der Waals surface area contributed by atoms with Crippen LogP contribution in [-0.4, -0.2) is 13.0 Å². The van der Waals surface area contributed by atoms with E-state index in [9.17, 15) is 23.2 Å². The lowest BCUT2D eigenvalue weighted by atomic mass is 10.1. The number of anilines is 1. The molecule has 0 saturated heterocycles. The lowest BCUT2D eigenvalue weighted by Crippen LogP contribution is -2.15. The second-order valence-electron chi connectivity index (χ2n) is 7.14. The fourth-order valence-corrected chi connectivity index (χ4v) is 3.23. The minimum absolute atomic E-state index is 0.104. The number of carbonyl (C=O) groups excluding carboxylic acids is 1. The van der Waals surface area contributed by atoms with Crippen LogP contribution in [0.4, 0.5) is 18.9 Å². The number of benzene rings is 3. The number of nitrogens with zero attached hydrogens (tertiary/aromatic N) is 1. The zero-order chi connectivity index (χ0) is 25.6. The molecule has 3 aromatic carbocycles. The first-order valence-corrected chi connectivity index (χ1v) is 10.7. The van der Waals surface area contributed by atoms with Crippen LogP contribution >= 0.6 is 23.2 Å². The molecule has 0 atom stereocenters. The average molecular weight is 521 g/mol. The van der Waals surface area contributed by atoms with Crippen LogP contribution in [0.1, 0.15) is 16.7 Å². The smallest absolute Gasteiger partial charge is 0.416 e. The van der Waals surface area contributed by atoms with E-state index in [1.54, 1.807) is 36.4 Å². The van der Waals surface area contributed by atoms with Crippen LogP contribution in [0.5, 0.6) is 11.5 Å². The topological polar surface area (TPSA) is 71.3 Å². The second-order valence-corrected chi connectivity index (χ2v) is 7.99. The SMILES string of the molecule is COc1cc(C=C(C#N)C(=O)Nc2cc(C(F)(F)F)ccc2Cl)ccc1OCc1ccc(Cl)cc1. The Kier molecular flexibility index (Phi) is 8.28. The standard InChI is InChI=1S/C25H17Cl2F3N2O3/c1-34-23-11-16(4-9-22(23)35-14-15-2-6-19(26)7-3-15)10-17(13-31)24(33)32-21-12-18(25(28,29)30)5-8-20(21)27/h2-12H,14H2,1H3,(H,32,33). The summed E-state index contributed by atoms with van der Waals surface area (Å²) in [5.41, 5.74) is -0.287. The lowest BCUT2D eigenvalue weighted by Gasteiger charge is -2.12. The molecule has 0 aliphatic carbocycles. The molecule has 35 heavy (non-hydrogen) atoms. The molecule has 0 unspecified atom stereocenters. The maximum absolute atomic E-state index is 13.0. The molecule has 0 bridgehead atoms. The summed E-state index contributed by atoms with van der Waals surface area (Å²) in [7, 11) is 1.44. The van der Waals surface area contributed by atoms with Crippen LogP contribution in [0.15, 0.2) is 66.2 Å². The number of halogens is 5. The van der Waals surface area contributed by atoms with Gasteiger partial charge in [0.05, 0.1) is 23.4 Å². The summed E-state index contributed by atoms with van der Waals surface area (Å²) in [6.07, 6.45) is -3.35. The van der Waals surface area contributed by atoms with Crippen LogP contribution in [0, 0.1) is 11.3 Å². The minimum atomic E-state index is -4.62. The van der Waals surface area contributed by atoms with Crippen molar-refractivity contribution < 1.29 is 27.4 Å². The Bertz CT molecular complexity index is 1300. The first-order valence-electron chi connectivity index (χ1n) is 9.96. The highest BCUT2D eigenvalue weighted by molar-refractivity contribution is 6.34. The summed E-state index contributed by atoms with van der Waals surface area (Å²) >= 11 is 11.8. The number of hydrogen-bond donors (Lipinski definition) is 1. The summed E-state index contributed by atoms with van der Waals surface area (Å²) in [6, 6.07) is 16.1. The van der Waals surface area contributed by atoms with Gasteiger partial charge in [0.15, 0.2) is 11.5 Å². The molecule has 0 fully saturated rings. The number of rotatable bonds is 7. The quantitative estimate of drug-likeness (QED) is 0.265. The van der Waals surface area contributed by atoms with Gasteiger partial charge in [0.1, 0.15) is 18.2 Å².